The molecule has 1 aliphatic carbocycles. The fourth-order valence-electron chi connectivity index (χ4n) is 4.42. The lowest BCUT2D eigenvalue weighted by atomic mass is 9.73. The zero-order valence-corrected chi connectivity index (χ0v) is 18.8. The summed E-state index contributed by atoms with van der Waals surface area (Å²) < 4.78 is 44.7. The van der Waals surface area contributed by atoms with Crippen LogP contribution in [0.4, 0.5) is 4.39 Å². The summed E-state index contributed by atoms with van der Waals surface area (Å²) in [5.74, 6) is -1.26. The van der Waals surface area contributed by atoms with Crippen LogP contribution in [0.2, 0.25) is 0 Å². The standard InChI is InChI=1S/C22H33FN2O4S/c1-17(2)30(27,28)18-6-7-20(23)19(14-18)21(26)24-15-22(8-4-3-5-9-22)16-25-10-12-29-13-11-25/h6-7,14,17H,3-5,8-13,15-16H2,1-2H3,(H,24,26). The third-order valence-corrected chi connectivity index (χ3v) is 8.48. The number of hydrogen-bond donors (Lipinski definition) is 1. The highest BCUT2D eigenvalue weighted by Gasteiger charge is 2.35. The highest BCUT2D eigenvalue weighted by molar-refractivity contribution is 7.92. The smallest absolute Gasteiger partial charge is 0.254 e. The maximum absolute atomic E-state index is 14.4. The second kappa shape index (κ2) is 9.75. The Kier molecular flexibility index (Phi) is 7.52. The number of hydrogen-bond acceptors (Lipinski definition) is 5. The predicted molar refractivity (Wildman–Crippen MR) is 114 cm³/mol. The van der Waals surface area contributed by atoms with Gasteiger partial charge in [0.05, 0.1) is 28.9 Å². The van der Waals surface area contributed by atoms with Crippen molar-refractivity contribution in [1.29, 1.82) is 0 Å². The van der Waals surface area contributed by atoms with E-state index < -0.39 is 26.8 Å². The topological polar surface area (TPSA) is 75.7 Å². The van der Waals surface area contributed by atoms with Crippen LogP contribution in [0, 0.1) is 11.2 Å². The van der Waals surface area contributed by atoms with Gasteiger partial charge in [0.2, 0.25) is 0 Å². The first-order valence-corrected chi connectivity index (χ1v) is 12.4. The maximum Gasteiger partial charge on any atom is 0.254 e. The third kappa shape index (κ3) is 5.39. The summed E-state index contributed by atoms with van der Waals surface area (Å²) in [6, 6.07) is 3.45. The van der Waals surface area contributed by atoms with Gasteiger partial charge in [-0.25, -0.2) is 12.8 Å². The van der Waals surface area contributed by atoms with Crippen molar-refractivity contribution in [2.75, 3.05) is 39.4 Å². The van der Waals surface area contributed by atoms with Crippen LogP contribution in [0.25, 0.3) is 0 Å². The van der Waals surface area contributed by atoms with Crippen molar-refractivity contribution in [2.45, 2.75) is 56.1 Å². The van der Waals surface area contributed by atoms with Gasteiger partial charge >= 0.3 is 0 Å². The number of morpholine rings is 1. The van der Waals surface area contributed by atoms with E-state index in [1.54, 1.807) is 13.8 Å². The van der Waals surface area contributed by atoms with Crippen LogP contribution < -0.4 is 5.32 Å². The number of nitrogens with zero attached hydrogens (tertiary/aromatic N) is 1. The van der Waals surface area contributed by atoms with E-state index in [1.807, 2.05) is 0 Å². The van der Waals surface area contributed by atoms with E-state index in [2.05, 4.69) is 10.2 Å². The van der Waals surface area contributed by atoms with Crippen molar-refractivity contribution in [3.05, 3.63) is 29.6 Å². The van der Waals surface area contributed by atoms with Crippen molar-refractivity contribution in [3.8, 4) is 0 Å². The quantitative estimate of drug-likeness (QED) is 0.660. The molecule has 8 heteroatoms. The van der Waals surface area contributed by atoms with Gasteiger partial charge in [0.25, 0.3) is 5.91 Å². The Hall–Kier alpha value is -1.51. The molecule has 0 atom stereocenters. The molecule has 1 saturated heterocycles. The minimum atomic E-state index is -3.58. The van der Waals surface area contributed by atoms with E-state index in [0.717, 1.165) is 70.7 Å². The Balaban J connectivity index is 1.73. The van der Waals surface area contributed by atoms with Crippen molar-refractivity contribution < 1.29 is 22.3 Å². The molecule has 1 saturated carbocycles. The molecule has 0 bridgehead atoms. The molecule has 3 rings (SSSR count). The highest BCUT2D eigenvalue weighted by Crippen LogP contribution is 2.37. The Morgan fingerprint density at radius 1 is 1.20 bits per heavy atom. The van der Waals surface area contributed by atoms with Crippen LogP contribution in [0.5, 0.6) is 0 Å². The number of halogens is 1. The average molecular weight is 441 g/mol. The number of sulfone groups is 1. The third-order valence-electron chi connectivity index (χ3n) is 6.33. The number of benzene rings is 1. The summed E-state index contributed by atoms with van der Waals surface area (Å²) in [6.07, 6.45) is 5.49. The van der Waals surface area contributed by atoms with E-state index in [0.29, 0.717) is 6.54 Å². The van der Waals surface area contributed by atoms with Crippen molar-refractivity contribution in [3.63, 3.8) is 0 Å². The fourth-order valence-corrected chi connectivity index (χ4v) is 5.50. The summed E-state index contributed by atoms with van der Waals surface area (Å²) in [6.45, 7) is 7.72. The van der Waals surface area contributed by atoms with Crippen LogP contribution in [0.1, 0.15) is 56.3 Å². The number of amides is 1. The molecule has 1 amide bonds. The van der Waals surface area contributed by atoms with Crippen LogP contribution in [0.15, 0.2) is 23.1 Å². The second-order valence-corrected chi connectivity index (χ2v) is 11.4. The molecule has 0 aromatic heterocycles. The van der Waals surface area contributed by atoms with Gasteiger partial charge in [-0.1, -0.05) is 19.3 Å². The van der Waals surface area contributed by atoms with E-state index in [4.69, 9.17) is 4.74 Å². The van der Waals surface area contributed by atoms with Gasteiger partial charge in [-0.05, 0) is 44.9 Å². The number of carbonyl (C=O) groups is 1. The summed E-state index contributed by atoms with van der Waals surface area (Å²) in [5.41, 5.74) is -0.252. The summed E-state index contributed by atoms with van der Waals surface area (Å²) in [4.78, 5) is 15.2. The summed E-state index contributed by atoms with van der Waals surface area (Å²) in [5, 5.41) is 2.28. The Bertz CT molecular complexity index is 845. The van der Waals surface area contributed by atoms with Crippen molar-refractivity contribution in [2.24, 2.45) is 5.41 Å². The Labute approximate surface area is 179 Å². The maximum atomic E-state index is 14.4. The molecule has 0 unspecified atom stereocenters. The lowest BCUT2D eigenvalue weighted by Crippen LogP contribution is -2.49. The number of carbonyl (C=O) groups excluding carboxylic acids is 1. The molecule has 1 aliphatic heterocycles. The molecule has 30 heavy (non-hydrogen) atoms. The Morgan fingerprint density at radius 2 is 1.87 bits per heavy atom. The van der Waals surface area contributed by atoms with Crippen LogP contribution in [-0.2, 0) is 14.6 Å². The monoisotopic (exact) mass is 440 g/mol. The van der Waals surface area contributed by atoms with Gasteiger partial charge in [0, 0.05) is 31.6 Å². The number of rotatable bonds is 7. The van der Waals surface area contributed by atoms with Crippen molar-refractivity contribution >= 4 is 15.7 Å². The molecule has 2 fully saturated rings. The molecule has 6 nitrogen and oxygen atoms in total. The molecule has 1 N–H and O–H groups in total. The van der Waals surface area contributed by atoms with E-state index in [1.165, 1.54) is 12.5 Å². The first-order chi connectivity index (χ1) is 14.2. The van der Waals surface area contributed by atoms with Gasteiger partial charge in [0.1, 0.15) is 5.82 Å². The lowest BCUT2D eigenvalue weighted by molar-refractivity contribution is 0.00727. The van der Waals surface area contributed by atoms with Crippen LogP contribution in [-0.4, -0.2) is 63.9 Å². The highest BCUT2D eigenvalue weighted by atomic mass is 32.2. The average Bonchev–Trinajstić information content (AvgIpc) is 2.73. The van der Waals surface area contributed by atoms with Crippen LogP contribution in [0.3, 0.4) is 0 Å². The SMILES string of the molecule is CC(C)S(=O)(=O)c1ccc(F)c(C(=O)NCC2(CN3CCOCC3)CCCCC2)c1. The molecule has 0 spiro atoms. The second-order valence-electron chi connectivity index (χ2n) is 8.87. The zero-order chi connectivity index (χ0) is 21.8. The normalized spacial score (nSPS) is 20.3. The number of ether oxygens (including phenoxy) is 1. The van der Waals surface area contributed by atoms with E-state index in [9.17, 15) is 17.6 Å². The van der Waals surface area contributed by atoms with E-state index in [-0.39, 0.29) is 15.9 Å². The molecule has 1 heterocycles. The summed E-state index contributed by atoms with van der Waals surface area (Å²) >= 11 is 0. The van der Waals surface area contributed by atoms with Gasteiger partial charge < -0.3 is 10.1 Å². The molecule has 2 aliphatic rings. The van der Waals surface area contributed by atoms with Crippen LogP contribution >= 0.6 is 0 Å². The molecule has 1 aromatic carbocycles. The first-order valence-electron chi connectivity index (χ1n) is 10.9. The fraction of sp³-hybridized carbons (Fsp3) is 0.682. The van der Waals surface area contributed by atoms with Gasteiger partial charge in [-0.3, -0.25) is 9.69 Å². The molecular weight excluding hydrogens is 407 g/mol. The van der Waals surface area contributed by atoms with Gasteiger partial charge in [-0.2, -0.15) is 0 Å². The van der Waals surface area contributed by atoms with Gasteiger partial charge in [0.15, 0.2) is 9.84 Å². The molecule has 0 radical (unpaired) electrons. The first kappa shape index (κ1) is 23.2. The lowest BCUT2D eigenvalue weighted by Gasteiger charge is -2.42. The van der Waals surface area contributed by atoms with Crippen molar-refractivity contribution in [1.82, 2.24) is 10.2 Å². The zero-order valence-electron chi connectivity index (χ0n) is 18.0. The molecule has 168 valence electrons. The summed E-state index contributed by atoms with van der Waals surface area (Å²) in [7, 11) is -3.58. The minimum absolute atomic E-state index is 0.0234. The molecule has 1 aromatic rings. The Morgan fingerprint density at radius 3 is 2.50 bits per heavy atom. The number of nitrogens with one attached hydrogen (secondary N) is 1. The van der Waals surface area contributed by atoms with E-state index >= 15 is 0 Å². The largest absolute Gasteiger partial charge is 0.379 e. The molecular formula is C22H33FN2O4S. The van der Waals surface area contributed by atoms with Gasteiger partial charge in [-0.15, -0.1) is 0 Å². The minimum Gasteiger partial charge on any atom is -0.379 e. The predicted octanol–water partition coefficient (Wildman–Crippen LogP) is 3.02.